The van der Waals surface area contributed by atoms with Crippen molar-refractivity contribution in [3.8, 4) is 5.75 Å². The Morgan fingerprint density at radius 2 is 2.21 bits per heavy atom. The van der Waals surface area contributed by atoms with Crippen molar-refractivity contribution in [1.82, 2.24) is 0 Å². The number of carbonyl (C=O) groups excluding carboxylic acids is 1. The maximum Gasteiger partial charge on any atom is 0.164 e. The first-order chi connectivity index (χ1) is 6.69. The Balaban J connectivity index is 2.99. The lowest BCUT2D eigenvalue weighted by molar-refractivity contribution is 0.0989. The van der Waals surface area contributed by atoms with Crippen molar-refractivity contribution < 1.29 is 9.53 Å². The molecule has 76 valence electrons. The molecular weight excluding hydrogens is 312 g/mol. The Kier molecular flexibility index (Phi) is 4.62. The first kappa shape index (κ1) is 11.7. The van der Waals surface area contributed by atoms with Crippen LogP contribution >= 0.6 is 31.9 Å². The van der Waals surface area contributed by atoms with Crippen molar-refractivity contribution in [3.63, 3.8) is 0 Å². The number of hydrogen-bond donors (Lipinski definition) is 0. The lowest BCUT2D eigenvalue weighted by Gasteiger charge is -2.05. The molecular formula is C10H10Br2O2. The lowest BCUT2D eigenvalue weighted by Crippen LogP contribution is -2.01. The molecule has 0 spiro atoms. The molecule has 0 N–H and O–H groups in total. The van der Waals surface area contributed by atoms with Gasteiger partial charge in [0.2, 0.25) is 0 Å². The summed E-state index contributed by atoms with van der Waals surface area (Å²) < 4.78 is 5.86. The van der Waals surface area contributed by atoms with Gasteiger partial charge in [-0.2, -0.15) is 0 Å². The second-order valence-electron chi connectivity index (χ2n) is 2.71. The molecule has 0 unspecified atom stereocenters. The highest BCUT2D eigenvalue weighted by atomic mass is 79.9. The number of halogens is 2. The summed E-state index contributed by atoms with van der Waals surface area (Å²) in [7, 11) is 1.59. The molecule has 4 heteroatoms. The van der Waals surface area contributed by atoms with Crippen LogP contribution in [0.5, 0.6) is 5.75 Å². The van der Waals surface area contributed by atoms with E-state index in [0.717, 1.165) is 4.47 Å². The summed E-state index contributed by atoms with van der Waals surface area (Å²) >= 11 is 6.58. The fourth-order valence-corrected chi connectivity index (χ4v) is 1.89. The standard InChI is InChI=1S/C10H10Br2O2/c1-14-7-2-3-9(12)8(6-7)10(13)4-5-11/h2-3,6H,4-5H2,1H3. The third kappa shape index (κ3) is 2.82. The summed E-state index contributed by atoms with van der Waals surface area (Å²) in [5.41, 5.74) is 0.670. The van der Waals surface area contributed by atoms with E-state index in [1.807, 2.05) is 12.1 Å². The van der Waals surface area contributed by atoms with E-state index in [1.165, 1.54) is 0 Å². The van der Waals surface area contributed by atoms with E-state index in [-0.39, 0.29) is 5.78 Å². The van der Waals surface area contributed by atoms with Crippen molar-refractivity contribution >= 4 is 37.6 Å². The minimum atomic E-state index is 0.104. The van der Waals surface area contributed by atoms with E-state index in [9.17, 15) is 4.79 Å². The minimum Gasteiger partial charge on any atom is -0.497 e. The van der Waals surface area contributed by atoms with E-state index < -0.39 is 0 Å². The van der Waals surface area contributed by atoms with Crippen LogP contribution in [0.4, 0.5) is 0 Å². The van der Waals surface area contributed by atoms with E-state index in [0.29, 0.717) is 23.1 Å². The van der Waals surface area contributed by atoms with Gasteiger partial charge in [-0.3, -0.25) is 4.79 Å². The highest BCUT2D eigenvalue weighted by Gasteiger charge is 2.10. The molecule has 0 aliphatic carbocycles. The lowest BCUT2D eigenvalue weighted by atomic mass is 10.1. The molecule has 0 amide bonds. The molecule has 2 nitrogen and oxygen atoms in total. The molecule has 0 aliphatic rings. The summed E-state index contributed by atoms with van der Waals surface area (Å²) in [6.07, 6.45) is 0.492. The predicted octanol–water partition coefficient (Wildman–Crippen LogP) is 3.43. The molecule has 1 rings (SSSR count). The summed E-state index contributed by atoms with van der Waals surface area (Å²) in [6.45, 7) is 0. The Hall–Kier alpha value is -0.350. The van der Waals surface area contributed by atoms with Gasteiger partial charge < -0.3 is 4.74 Å². The Labute approximate surface area is 99.9 Å². The minimum absolute atomic E-state index is 0.104. The van der Waals surface area contributed by atoms with E-state index >= 15 is 0 Å². The number of hydrogen-bond acceptors (Lipinski definition) is 2. The fourth-order valence-electron chi connectivity index (χ4n) is 1.07. The fraction of sp³-hybridized carbons (Fsp3) is 0.300. The van der Waals surface area contributed by atoms with Crippen LogP contribution < -0.4 is 4.74 Å². The first-order valence-corrected chi connectivity index (χ1v) is 6.03. The number of ether oxygens (including phenoxy) is 1. The van der Waals surface area contributed by atoms with Gasteiger partial charge in [-0.05, 0) is 18.2 Å². The molecule has 0 heterocycles. The maximum absolute atomic E-state index is 11.6. The van der Waals surface area contributed by atoms with E-state index in [4.69, 9.17) is 4.74 Å². The SMILES string of the molecule is COc1ccc(Br)c(C(=O)CCBr)c1. The third-order valence-corrected chi connectivity index (χ3v) is 2.88. The van der Waals surface area contributed by atoms with Crippen LogP contribution in [0.2, 0.25) is 0 Å². The molecule has 0 saturated carbocycles. The summed E-state index contributed by atoms with van der Waals surface area (Å²) in [5, 5.41) is 0.676. The van der Waals surface area contributed by atoms with Crippen molar-refractivity contribution in [1.29, 1.82) is 0 Å². The smallest absolute Gasteiger partial charge is 0.164 e. The van der Waals surface area contributed by atoms with Crippen LogP contribution in [0.15, 0.2) is 22.7 Å². The van der Waals surface area contributed by atoms with Gasteiger partial charge in [0.1, 0.15) is 5.75 Å². The van der Waals surface area contributed by atoms with Gasteiger partial charge in [0.25, 0.3) is 0 Å². The molecule has 0 bridgehead atoms. The number of carbonyl (C=O) groups is 1. The summed E-state index contributed by atoms with van der Waals surface area (Å²) in [5.74, 6) is 0.804. The third-order valence-electron chi connectivity index (χ3n) is 1.80. The zero-order valence-electron chi connectivity index (χ0n) is 7.72. The topological polar surface area (TPSA) is 26.3 Å². The zero-order chi connectivity index (χ0) is 10.6. The quantitative estimate of drug-likeness (QED) is 0.627. The van der Waals surface area contributed by atoms with Gasteiger partial charge >= 0.3 is 0 Å². The molecule has 0 aliphatic heterocycles. The van der Waals surface area contributed by atoms with Crippen LogP contribution in [0.25, 0.3) is 0 Å². The van der Waals surface area contributed by atoms with Gasteiger partial charge in [-0.1, -0.05) is 31.9 Å². The molecule has 0 fully saturated rings. The van der Waals surface area contributed by atoms with Crippen molar-refractivity contribution in [2.75, 3.05) is 12.4 Å². The van der Waals surface area contributed by atoms with Gasteiger partial charge in [0.15, 0.2) is 5.78 Å². The highest BCUT2D eigenvalue weighted by Crippen LogP contribution is 2.23. The average Bonchev–Trinajstić information content (AvgIpc) is 2.19. The molecule has 0 radical (unpaired) electrons. The number of benzene rings is 1. The Morgan fingerprint density at radius 1 is 1.50 bits per heavy atom. The molecule has 0 atom stereocenters. The highest BCUT2D eigenvalue weighted by molar-refractivity contribution is 9.10. The predicted molar refractivity (Wildman–Crippen MR) is 63.4 cm³/mol. The summed E-state index contributed by atoms with van der Waals surface area (Å²) in [6, 6.07) is 5.38. The van der Waals surface area contributed by atoms with Crippen molar-refractivity contribution in [2.45, 2.75) is 6.42 Å². The van der Waals surface area contributed by atoms with Gasteiger partial charge in [0, 0.05) is 21.8 Å². The molecule has 0 saturated heterocycles. The number of methoxy groups -OCH3 is 1. The van der Waals surface area contributed by atoms with Gasteiger partial charge in [-0.25, -0.2) is 0 Å². The van der Waals surface area contributed by atoms with E-state index in [2.05, 4.69) is 31.9 Å². The maximum atomic E-state index is 11.6. The van der Waals surface area contributed by atoms with Gasteiger partial charge in [-0.15, -0.1) is 0 Å². The normalized spacial score (nSPS) is 9.93. The van der Waals surface area contributed by atoms with Crippen LogP contribution in [-0.4, -0.2) is 18.2 Å². The Morgan fingerprint density at radius 3 is 2.79 bits per heavy atom. The molecule has 0 aromatic heterocycles. The van der Waals surface area contributed by atoms with E-state index in [1.54, 1.807) is 13.2 Å². The van der Waals surface area contributed by atoms with Crippen LogP contribution in [0.3, 0.4) is 0 Å². The number of alkyl halides is 1. The van der Waals surface area contributed by atoms with Crippen molar-refractivity contribution in [3.05, 3.63) is 28.2 Å². The number of Topliss-reactive ketones (excluding diaryl/α,β-unsaturated/α-hetero) is 1. The van der Waals surface area contributed by atoms with Crippen LogP contribution in [0.1, 0.15) is 16.8 Å². The second-order valence-corrected chi connectivity index (χ2v) is 4.36. The van der Waals surface area contributed by atoms with Crippen LogP contribution in [0, 0.1) is 0 Å². The van der Waals surface area contributed by atoms with Crippen LogP contribution in [-0.2, 0) is 0 Å². The largest absolute Gasteiger partial charge is 0.497 e. The molecule has 14 heavy (non-hydrogen) atoms. The second kappa shape index (κ2) is 5.51. The average molecular weight is 322 g/mol. The first-order valence-electron chi connectivity index (χ1n) is 4.11. The molecule has 1 aromatic carbocycles. The van der Waals surface area contributed by atoms with Crippen molar-refractivity contribution in [2.24, 2.45) is 0 Å². The summed E-state index contributed by atoms with van der Waals surface area (Å²) in [4.78, 5) is 11.6. The molecule has 1 aromatic rings. The Bertz CT molecular complexity index is 337. The number of ketones is 1. The van der Waals surface area contributed by atoms with Gasteiger partial charge in [0.05, 0.1) is 7.11 Å². The number of rotatable bonds is 4. The zero-order valence-corrected chi connectivity index (χ0v) is 10.9. The monoisotopic (exact) mass is 320 g/mol.